The van der Waals surface area contributed by atoms with Gasteiger partial charge in [0.2, 0.25) is 5.91 Å². The molecule has 0 fully saturated rings. The van der Waals surface area contributed by atoms with Gasteiger partial charge in [0, 0.05) is 25.0 Å². The number of amides is 1. The Morgan fingerprint density at radius 2 is 2.14 bits per heavy atom. The molecule has 0 aliphatic heterocycles. The molecule has 0 spiro atoms. The average molecular weight is 302 g/mol. The Morgan fingerprint density at radius 3 is 2.77 bits per heavy atom. The van der Waals surface area contributed by atoms with E-state index >= 15 is 0 Å². The molecule has 2 aromatic rings. The number of nitrogens with one attached hydrogen (secondary N) is 2. The van der Waals surface area contributed by atoms with Crippen LogP contribution in [0.15, 0.2) is 42.7 Å². The monoisotopic (exact) mass is 302 g/mol. The fourth-order valence-electron chi connectivity index (χ4n) is 2.03. The van der Waals surface area contributed by atoms with E-state index in [4.69, 9.17) is 4.74 Å². The Morgan fingerprint density at radius 1 is 1.36 bits per heavy atom. The van der Waals surface area contributed by atoms with Gasteiger partial charge in [-0.2, -0.15) is 5.10 Å². The molecule has 0 saturated carbocycles. The third-order valence-corrected chi connectivity index (χ3v) is 3.28. The van der Waals surface area contributed by atoms with Gasteiger partial charge in [-0.15, -0.1) is 0 Å². The van der Waals surface area contributed by atoms with Crippen molar-refractivity contribution in [2.75, 3.05) is 13.7 Å². The van der Waals surface area contributed by atoms with Gasteiger partial charge in [-0.1, -0.05) is 12.1 Å². The molecule has 22 heavy (non-hydrogen) atoms. The summed E-state index contributed by atoms with van der Waals surface area (Å²) in [6, 6.07) is 9.69. The first-order valence-corrected chi connectivity index (χ1v) is 7.28. The zero-order valence-electron chi connectivity index (χ0n) is 13.0. The van der Waals surface area contributed by atoms with Crippen LogP contribution in [0, 0.1) is 0 Å². The molecule has 2 rings (SSSR count). The van der Waals surface area contributed by atoms with Gasteiger partial charge in [0.15, 0.2) is 0 Å². The quantitative estimate of drug-likeness (QED) is 0.768. The van der Waals surface area contributed by atoms with Crippen LogP contribution in [0.1, 0.15) is 12.5 Å². The Labute approximate surface area is 130 Å². The molecule has 0 aliphatic rings. The number of nitrogens with zero attached hydrogens (tertiary/aromatic N) is 2. The van der Waals surface area contributed by atoms with E-state index < -0.39 is 0 Å². The summed E-state index contributed by atoms with van der Waals surface area (Å²) < 4.78 is 6.94. The van der Waals surface area contributed by atoms with Gasteiger partial charge < -0.3 is 15.4 Å². The van der Waals surface area contributed by atoms with Crippen LogP contribution in [0.3, 0.4) is 0 Å². The summed E-state index contributed by atoms with van der Waals surface area (Å²) >= 11 is 0. The SMILES string of the molecule is COc1ccc(CNC(=O)CN[C@H](C)Cn2cccn2)cc1. The summed E-state index contributed by atoms with van der Waals surface area (Å²) in [7, 11) is 1.63. The van der Waals surface area contributed by atoms with Crippen LogP contribution >= 0.6 is 0 Å². The first-order chi connectivity index (χ1) is 10.7. The third kappa shape index (κ3) is 5.21. The van der Waals surface area contributed by atoms with E-state index in [0.29, 0.717) is 13.1 Å². The molecule has 118 valence electrons. The molecule has 1 heterocycles. The summed E-state index contributed by atoms with van der Waals surface area (Å²) in [5, 5.41) is 10.2. The highest BCUT2D eigenvalue weighted by molar-refractivity contribution is 5.78. The largest absolute Gasteiger partial charge is 0.497 e. The van der Waals surface area contributed by atoms with E-state index in [1.807, 2.05) is 48.1 Å². The van der Waals surface area contributed by atoms with Gasteiger partial charge in [-0.25, -0.2) is 0 Å². The molecule has 6 heteroatoms. The molecule has 2 N–H and O–H groups in total. The summed E-state index contributed by atoms with van der Waals surface area (Å²) in [6.07, 6.45) is 3.65. The Balaban J connectivity index is 1.66. The summed E-state index contributed by atoms with van der Waals surface area (Å²) in [4.78, 5) is 11.8. The van der Waals surface area contributed by atoms with Crippen LogP contribution in [0.5, 0.6) is 5.75 Å². The minimum atomic E-state index is -0.0249. The second-order valence-electron chi connectivity index (χ2n) is 5.13. The number of benzene rings is 1. The highest BCUT2D eigenvalue weighted by Crippen LogP contribution is 2.10. The summed E-state index contributed by atoms with van der Waals surface area (Å²) in [5.41, 5.74) is 1.04. The minimum absolute atomic E-state index is 0.0249. The maximum Gasteiger partial charge on any atom is 0.234 e. The first-order valence-electron chi connectivity index (χ1n) is 7.28. The van der Waals surface area contributed by atoms with Crippen LogP contribution in [-0.4, -0.2) is 35.4 Å². The van der Waals surface area contributed by atoms with Crippen molar-refractivity contribution in [1.29, 1.82) is 0 Å². The topological polar surface area (TPSA) is 68.2 Å². The van der Waals surface area contributed by atoms with Crippen molar-refractivity contribution in [1.82, 2.24) is 20.4 Å². The molecular weight excluding hydrogens is 280 g/mol. The average Bonchev–Trinajstić information content (AvgIpc) is 3.04. The van der Waals surface area contributed by atoms with Crippen molar-refractivity contribution in [2.24, 2.45) is 0 Å². The Hall–Kier alpha value is -2.34. The zero-order chi connectivity index (χ0) is 15.8. The van der Waals surface area contributed by atoms with E-state index in [0.717, 1.165) is 17.9 Å². The molecule has 1 amide bonds. The van der Waals surface area contributed by atoms with E-state index in [1.54, 1.807) is 13.3 Å². The molecule has 0 unspecified atom stereocenters. The lowest BCUT2D eigenvalue weighted by Gasteiger charge is -2.14. The van der Waals surface area contributed by atoms with Gasteiger partial charge in [0.1, 0.15) is 5.75 Å². The Bertz CT molecular complexity index is 566. The lowest BCUT2D eigenvalue weighted by atomic mass is 10.2. The number of ether oxygens (including phenoxy) is 1. The fourth-order valence-corrected chi connectivity index (χ4v) is 2.03. The number of rotatable bonds is 8. The molecule has 0 saturated heterocycles. The van der Waals surface area contributed by atoms with Crippen molar-refractivity contribution in [2.45, 2.75) is 26.1 Å². The molecular formula is C16H22N4O2. The first kappa shape index (κ1) is 16.0. The maximum absolute atomic E-state index is 11.8. The second-order valence-corrected chi connectivity index (χ2v) is 5.13. The predicted octanol–water partition coefficient (Wildman–Crippen LogP) is 1.19. The van der Waals surface area contributed by atoms with Crippen LogP contribution in [-0.2, 0) is 17.9 Å². The molecule has 1 atom stereocenters. The van der Waals surface area contributed by atoms with E-state index in [1.165, 1.54) is 0 Å². The highest BCUT2D eigenvalue weighted by atomic mass is 16.5. The smallest absolute Gasteiger partial charge is 0.234 e. The molecule has 1 aromatic carbocycles. The van der Waals surface area contributed by atoms with Crippen LogP contribution < -0.4 is 15.4 Å². The van der Waals surface area contributed by atoms with Gasteiger partial charge in [-0.05, 0) is 30.7 Å². The lowest BCUT2D eigenvalue weighted by Crippen LogP contribution is -2.39. The van der Waals surface area contributed by atoms with Crippen molar-refractivity contribution in [3.63, 3.8) is 0 Å². The minimum Gasteiger partial charge on any atom is -0.497 e. The van der Waals surface area contributed by atoms with Crippen LogP contribution in [0.4, 0.5) is 0 Å². The normalized spacial score (nSPS) is 11.9. The van der Waals surface area contributed by atoms with Crippen molar-refractivity contribution in [3.8, 4) is 5.75 Å². The summed E-state index contributed by atoms with van der Waals surface area (Å²) in [5.74, 6) is 0.785. The summed E-state index contributed by atoms with van der Waals surface area (Å²) in [6.45, 7) is 3.56. The number of hydrogen-bond donors (Lipinski definition) is 2. The Kier molecular flexibility index (Phi) is 5.97. The fraction of sp³-hybridized carbons (Fsp3) is 0.375. The highest BCUT2D eigenvalue weighted by Gasteiger charge is 2.06. The molecule has 0 aliphatic carbocycles. The number of carbonyl (C=O) groups excluding carboxylic acids is 1. The molecule has 1 aromatic heterocycles. The van der Waals surface area contributed by atoms with Crippen LogP contribution in [0.25, 0.3) is 0 Å². The third-order valence-electron chi connectivity index (χ3n) is 3.28. The van der Waals surface area contributed by atoms with E-state index in [2.05, 4.69) is 15.7 Å². The number of carbonyl (C=O) groups is 1. The van der Waals surface area contributed by atoms with Crippen molar-refractivity contribution < 1.29 is 9.53 Å². The lowest BCUT2D eigenvalue weighted by molar-refractivity contribution is -0.120. The van der Waals surface area contributed by atoms with Crippen molar-refractivity contribution in [3.05, 3.63) is 48.3 Å². The van der Waals surface area contributed by atoms with Gasteiger partial charge in [0.05, 0.1) is 20.2 Å². The number of methoxy groups -OCH3 is 1. The second kappa shape index (κ2) is 8.19. The molecule has 0 bridgehead atoms. The number of aromatic nitrogens is 2. The zero-order valence-corrected chi connectivity index (χ0v) is 13.0. The molecule has 0 radical (unpaired) electrons. The molecule has 6 nitrogen and oxygen atoms in total. The maximum atomic E-state index is 11.8. The van der Waals surface area contributed by atoms with Crippen LogP contribution in [0.2, 0.25) is 0 Å². The van der Waals surface area contributed by atoms with E-state index in [9.17, 15) is 4.79 Å². The van der Waals surface area contributed by atoms with Gasteiger partial charge >= 0.3 is 0 Å². The van der Waals surface area contributed by atoms with E-state index in [-0.39, 0.29) is 11.9 Å². The van der Waals surface area contributed by atoms with Gasteiger partial charge in [0.25, 0.3) is 0 Å². The number of hydrogen-bond acceptors (Lipinski definition) is 4. The van der Waals surface area contributed by atoms with Crippen molar-refractivity contribution >= 4 is 5.91 Å². The van der Waals surface area contributed by atoms with Gasteiger partial charge in [-0.3, -0.25) is 9.48 Å². The standard InChI is InChI=1S/C16H22N4O2/c1-13(12-20-9-3-8-19-20)17-11-16(21)18-10-14-4-6-15(22-2)7-5-14/h3-9,13,17H,10-12H2,1-2H3,(H,18,21)/t13-/m1/s1. The predicted molar refractivity (Wildman–Crippen MR) is 84.5 cm³/mol.